The molecule has 88 valence electrons. The van der Waals surface area contributed by atoms with E-state index in [2.05, 4.69) is 10.6 Å². The molecule has 0 spiro atoms. The fourth-order valence-electron chi connectivity index (χ4n) is 1.29. The van der Waals surface area contributed by atoms with E-state index in [-0.39, 0.29) is 12.5 Å². The van der Waals surface area contributed by atoms with E-state index in [9.17, 15) is 13.6 Å². The number of carbonyl (C=O) groups excluding carboxylic acids is 1. The van der Waals surface area contributed by atoms with Crippen molar-refractivity contribution in [3.63, 3.8) is 0 Å². The van der Waals surface area contributed by atoms with E-state index in [1.54, 1.807) is 6.92 Å². The van der Waals surface area contributed by atoms with Gasteiger partial charge in [0.05, 0.1) is 6.04 Å². The summed E-state index contributed by atoms with van der Waals surface area (Å²) in [6.45, 7) is 1.91. The summed E-state index contributed by atoms with van der Waals surface area (Å²) in [6, 6.07) is 2.86. The monoisotopic (exact) mass is 228 g/mol. The normalized spacial score (nSPS) is 12.2. The molecule has 0 radical (unpaired) electrons. The molecule has 0 aromatic heterocycles. The van der Waals surface area contributed by atoms with Gasteiger partial charge in [-0.3, -0.25) is 4.79 Å². The predicted molar refractivity (Wildman–Crippen MR) is 56.7 cm³/mol. The molecule has 3 nitrogen and oxygen atoms in total. The summed E-state index contributed by atoms with van der Waals surface area (Å²) in [7, 11) is 1.53. The first kappa shape index (κ1) is 12.6. The molecule has 1 amide bonds. The summed E-state index contributed by atoms with van der Waals surface area (Å²) < 4.78 is 25.7. The second kappa shape index (κ2) is 5.55. The third-order valence-electron chi connectivity index (χ3n) is 2.17. The lowest BCUT2D eigenvalue weighted by Crippen LogP contribution is -2.40. The molecule has 1 aromatic rings. The summed E-state index contributed by atoms with van der Waals surface area (Å²) in [4.78, 5) is 11.1. The Balaban J connectivity index is 2.57. The fraction of sp³-hybridized carbons (Fsp3) is 0.364. The molecule has 0 fully saturated rings. The average Bonchev–Trinajstić information content (AvgIpc) is 2.23. The van der Waals surface area contributed by atoms with Gasteiger partial charge in [0.25, 0.3) is 0 Å². The van der Waals surface area contributed by atoms with Crippen LogP contribution in [0.1, 0.15) is 12.5 Å². The van der Waals surface area contributed by atoms with Crippen molar-refractivity contribution in [3.8, 4) is 0 Å². The summed E-state index contributed by atoms with van der Waals surface area (Å²) >= 11 is 0. The van der Waals surface area contributed by atoms with Crippen LogP contribution in [0.5, 0.6) is 0 Å². The van der Waals surface area contributed by atoms with Gasteiger partial charge in [-0.1, -0.05) is 0 Å². The molecule has 0 aliphatic carbocycles. The van der Waals surface area contributed by atoms with Gasteiger partial charge in [0.1, 0.15) is 11.6 Å². The summed E-state index contributed by atoms with van der Waals surface area (Å²) in [6.07, 6.45) is 0. The van der Waals surface area contributed by atoms with Crippen molar-refractivity contribution < 1.29 is 13.6 Å². The van der Waals surface area contributed by atoms with Crippen molar-refractivity contribution in [2.24, 2.45) is 0 Å². The summed E-state index contributed by atoms with van der Waals surface area (Å²) in [5, 5.41) is 5.33. The van der Waals surface area contributed by atoms with Crippen LogP contribution < -0.4 is 10.6 Å². The average molecular weight is 228 g/mol. The molecule has 2 N–H and O–H groups in total. The van der Waals surface area contributed by atoms with Gasteiger partial charge < -0.3 is 10.6 Å². The molecule has 0 saturated carbocycles. The van der Waals surface area contributed by atoms with Gasteiger partial charge >= 0.3 is 0 Å². The number of benzene rings is 1. The molecule has 1 aromatic carbocycles. The Morgan fingerprint density at radius 3 is 2.38 bits per heavy atom. The van der Waals surface area contributed by atoms with Crippen LogP contribution in [-0.4, -0.2) is 19.0 Å². The number of nitrogens with one attached hydrogen (secondary N) is 2. The zero-order chi connectivity index (χ0) is 12.1. The minimum Gasteiger partial charge on any atom is -0.358 e. The zero-order valence-electron chi connectivity index (χ0n) is 9.18. The van der Waals surface area contributed by atoms with Crippen molar-refractivity contribution in [2.75, 3.05) is 7.05 Å². The maximum atomic E-state index is 12.8. The molecular formula is C11H14F2N2O. The number of amides is 1. The highest BCUT2D eigenvalue weighted by molar-refractivity contribution is 5.80. The summed E-state index contributed by atoms with van der Waals surface area (Å²) in [5.41, 5.74) is 0.466. The molecule has 0 unspecified atom stereocenters. The summed E-state index contributed by atoms with van der Waals surface area (Å²) in [5.74, 6) is -1.41. The van der Waals surface area contributed by atoms with Crippen molar-refractivity contribution in [1.29, 1.82) is 0 Å². The van der Waals surface area contributed by atoms with Crippen molar-refractivity contribution >= 4 is 5.91 Å². The molecule has 0 aliphatic rings. The maximum absolute atomic E-state index is 12.8. The minimum absolute atomic E-state index is 0.170. The number of halogens is 2. The van der Waals surface area contributed by atoms with Crippen LogP contribution in [0.15, 0.2) is 18.2 Å². The smallest absolute Gasteiger partial charge is 0.236 e. The van der Waals surface area contributed by atoms with Crippen LogP contribution in [0.25, 0.3) is 0 Å². The van der Waals surface area contributed by atoms with Crippen LogP contribution in [0, 0.1) is 11.6 Å². The Labute approximate surface area is 92.8 Å². The van der Waals surface area contributed by atoms with E-state index in [0.717, 1.165) is 6.07 Å². The van der Waals surface area contributed by atoms with Gasteiger partial charge in [-0.2, -0.15) is 0 Å². The maximum Gasteiger partial charge on any atom is 0.236 e. The highest BCUT2D eigenvalue weighted by Gasteiger charge is 2.10. The first-order chi connectivity index (χ1) is 7.52. The molecule has 16 heavy (non-hydrogen) atoms. The van der Waals surface area contributed by atoms with E-state index >= 15 is 0 Å². The van der Waals surface area contributed by atoms with E-state index in [4.69, 9.17) is 0 Å². The van der Waals surface area contributed by atoms with Crippen LogP contribution in [0.4, 0.5) is 8.78 Å². The lowest BCUT2D eigenvalue weighted by Gasteiger charge is -2.12. The fourth-order valence-corrected chi connectivity index (χ4v) is 1.29. The van der Waals surface area contributed by atoms with Gasteiger partial charge in [-0.15, -0.1) is 0 Å². The van der Waals surface area contributed by atoms with Crippen LogP contribution in [-0.2, 0) is 11.3 Å². The van der Waals surface area contributed by atoms with Gasteiger partial charge in [-0.25, -0.2) is 8.78 Å². The first-order valence-electron chi connectivity index (χ1n) is 4.93. The Hall–Kier alpha value is -1.49. The molecular weight excluding hydrogens is 214 g/mol. The number of rotatable bonds is 4. The molecule has 5 heteroatoms. The standard InChI is InChI=1S/C11H14F2N2O/c1-7(11(16)14-2)15-6-8-3-9(12)5-10(13)4-8/h3-5,7,15H,6H2,1-2H3,(H,14,16)/t7-/m1/s1. The quantitative estimate of drug-likeness (QED) is 0.812. The Morgan fingerprint density at radius 1 is 1.31 bits per heavy atom. The van der Waals surface area contributed by atoms with E-state index < -0.39 is 17.7 Å². The van der Waals surface area contributed by atoms with Crippen molar-refractivity contribution in [3.05, 3.63) is 35.4 Å². The highest BCUT2D eigenvalue weighted by atomic mass is 19.1. The molecule has 1 atom stereocenters. The minimum atomic E-state index is -0.621. The van der Waals surface area contributed by atoms with E-state index in [0.29, 0.717) is 5.56 Å². The van der Waals surface area contributed by atoms with Crippen LogP contribution in [0.2, 0.25) is 0 Å². The molecule has 0 saturated heterocycles. The van der Waals surface area contributed by atoms with Gasteiger partial charge in [0, 0.05) is 19.7 Å². The molecule has 1 rings (SSSR count). The van der Waals surface area contributed by atoms with Crippen molar-refractivity contribution in [1.82, 2.24) is 10.6 Å². The predicted octanol–water partition coefficient (Wildman–Crippen LogP) is 1.19. The SMILES string of the molecule is CNC(=O)[C@@H](C)NCc1cc(F)cc(F)c1. The number of hydrogen-bond acceptors (Lipinski definition) is 2. The molecule has 0 heterocycles. The van der Waals surface area contributed by atoms with Crippen LogP contribution >= 0.6 is 0 Å². The van der Waals surface area contributed by atoms with Crippen LogP contribution in [0.3, 0.4) is 0 Å². The Morgan fingerprint density at radius 2 is 1.88 bits per heavy atom. The molecule has 0 aliphatic heterocycles. The lowest BCUT2D eigenvalue weighted by molar-refractivity contribution is -0.122. The first-order valence-corrected chi connectivity index (χ1v) is 4.93. The van der Waals surface area contributed by atoms with Gasteiger partial charge in [0.2, 0.25) is 5.91 Å². The second-order valence-corrected chi connectivity index (χ2v) is 3.49. The van der Waals surface area contributed by atoms with E-state index in [1.807, 2.05) is 0 Å². The number of hydrogen-bond donors (Lipinski definition) is 2. The molecule has 0 bridgehead atoms. The topological polar surface area (TPSA) is 41.1 Å². The van der Waals surface area contributed by atoms with E-state index in [1.165, 1.54) is 19.2 Å². The largest absolute Gasteiger partial charge is 0.358 e. The number of carbonyl (C=O) groups is 1. The van der Waals surface area contributed by atoms with Crippen molar-refractivity contribution in [2.45, 2.75) is 19.5 Å². The zero-order valence-corrected chi connectivity index (χ0v) is 9.18. The Bertz CT molecular complexity index is 362. The number of likely N-dealkylation sites (N-methyl/N-ethyl adjacent to an activating group) is 1. The van der Waals surface area contributed by atoms with Gasteiger partial charge in [-0.05, 0) is 24.6 Å². The third kappa shape index (κ3) is 3.58. The second-order valence-electron chi connectivity index (χ2n) is 3.49. The highest BCUT2D eigenvalue weighted by Crippen LogP contribution is 2.07. The Kier molecular flexibility index (Phi) is 4.37. The van der Waals surface area contributed by atoms with Gasteiger partial charge in [0.15, 0.2) is 0 Å². The third-order valence-corrected chi connectivity index (χ3v) is 2.17. The lowest BCUT2D eigenvalue weighted by atomic mass is 10.2.